The van der Waals surface area contributed by atoms with Crippen molar-refractivity contribution >= 4 is 11.5 Å². The van der Waals surface area contributed by atoms with Gasteiger partial charge in [-0.2, -0.15) is 0 Å². The van der Waals surface area contributed by atoms with E-state index in [9.17, 15) is 4.79 Å². The zero-order valence-electron chi connectivity index (χ0n) is 18.2. The van der Waals surface area contributed by atoms with E-state index < -0.39 is 6.10 Å². The number of rotatable bonds is 5. The molecule has 1 amide bonds. The molecule has 7 nitrogen and oxygen atoms in total. The van der Waals surface area contributed by atoms with Crippen molar-refractivity contribution in [2.45, 2.75) is 25.6 Å². The van der Waals surface area contributed by atoms with Gasteiger partial charge in [0.2, 0.25) is 6.10 Å². The molecule has 7 heteroatoms. The minimum absolute atomic E-state index is 0.0778. The van der Waals surface area contributed by atoms with Crippen molar-refractivity contribution in [2.75, 3.05) is 34.4 Å². The Balaban J connectivity index is 1.53. The summed E-state index contributed by atoms with van der Waals surface area (Å²) in [5.41, 5.74) is 1.96. The van der Waals surface area contributed by atoms with E-state index >= 15 is 0 Å². The Morgan fingerprint density at radius 1 is 1.00 bits per heavy atom. The first-order chi connectivity index (χ1) is 15.0. The maximum atomic E-state index is 13.2. The van der Waals surface area contributed by atoms with Crippen LogP contribution in [-0.2, 0) is 4.79 Å². The zero-order valence-corrected chi connectivity index (χ0v) is 18.2. The third-order valence-electron chi connectivity index (χ3n) is 5.64. The first-order valence-corrected chi connectivity index (χ1v) is 10.3. The molecule has 164 valence electrons. The number of carbonyl (C=O) groups is 1. The zero-order chi connectivity index (χ0) is 22.0. The molecule has 0 saturated carbocycles. The lowest BCUT2D eigenvalue weighted by atomic mass is 9.96. The van der Waals surface area contributed by atoms with Crippen molar-refractivity contribution in [1.82, 2.24) is 4.90 Å². The lowest BCUT2D eigenvalue weighted by molar-refractivity contribution is -0.143. The standard InChI is InChI=1S/C24H27NO6/c1-15-23(31-19-8-6-5-7-18(19)30-15)24(26)25-11-9-16(10-12-25)22-20(28-3)13-17(27-2)14-21(22)29-4/h5-9,13-15,23H,10-12H2,1-4H3/t15-,23-/m0/s1. The van der Waals surface area contributed by atoms with Gasteiger partial charge in [-0.05, 0) is 31.1 Å². The highest BCUT2D eigenvalue weighted by atomic mass is 16.6. The van der Waals surface area contributed by atoms with E-state index in [2.05, 4.69) is 0 Å². The summed E-state index contributed by atoms with van der Waals surface area (Å²) in [5.74, 6) is 3.20. The molecule has 31 heavy (non-hydrogen) atoms. The third-order valence-corrected chi connectivity index (χ3v) is 5.64. The van der Waals surface area contributed by atoms with E-state index in [0.717, 1.165) is 11.1 Å². The van der Waals surface area contributed by atoms with Gasteiger partial charge in [0.1, 0.15) is 23.4 Å². The van der Waals surface area contributed by atoms with Crippen molar-refractivity contribution in [3.8, 4) is 28.7 Å². The van der Waals surface area contributed by atoms with E-state index in [1.54, 1.807) is 26.2 Å². The largest absolute Gasteiger partial charge is 0.496 e. The number of methoxy groups -OCH3 is 3. The lowest BCUT2D eigenvalue weighted by Crippen LogP contribution is -2.51. The molecular formula is C24H27NO6. The second-order valence-corrected chi connectivity index (χ2v) is 7.48. The Bertz CT molecular complexity index is 976. The van der Waals surface area contributed by atoms with Crippen LogP contribution in [0.3, 0.4) is 0 Å². The number of hydrogen-bond donors (Lipinski definition) is 0. The molecule has 2 aliphatic rings. The van der Waals surface area contributed by atoms with Crippen molar-refractivity contribution in [2.24, 2.45) is 0 Å². The first kappa shape index (κ1) is 20.9. The average Bonchev–Trinajstić information content (AvgIpc) is 2.82. The number of carbonyl (C=O) groups excluding carboxylic acids is 1. The van der Waals surface area contributed by atoms with Crippen molar-refractivity contribution in [1.29, 1.82) is 0 Å². The maximum absolute atomic E-state index is 13.2. The topological polar surface area (TPSA) is 66.5 Å². The minimum atomic E-state index is -0.671. The van der Waals surface area contributed by atoms with E-state index in [1.165, 1.54) is 0 Å². The van der Waals surface area contributed by atoms with Crippen LogP contribution in [0, 0.1) is 0 Å². The quantitative estimate of drug-likeness (QED) is 0.730. The summed E-state index contributed by atoms with van der Waals surface area (Å²) in [7, 11) is 4.85. The van der Waals surface area contributed by atoms with Crippen LogP contribution in [0.25, 0.3) is 5.57 Å². The highest BCUT2D eigenvalue weighted by Crippen LogP contribution is 2.41. The number of ether oxygens (including phenoxy) is 5. The normalized spacial score (nSPS) is 20.0. The van der Waals surface area contributed by atoms with E-state index in [4.69, 9.17) is 23.7 Å². The summed E-state index contributed by atoms with van der Waals surface area (Å²) in [5, 5.41) is 0. The van der Waals surface area contributed by atoms with Crippen LogP contribution in [0.4, 0.5) is 0 Å². The summed E-state index contributed by atoms with van der Waals surface area (Å²) >= 11 is 0. The summed E-state index contributed by atoms with van der Waals surface area (Å²) in [6, 6.07) is 11.1. The lowest BCUT2D eigenvalue weighted by Gasteiger charge is -2.35. The maximum Gasteiger partial charge on any atom is 0.267 e. The summed E-state index contributed by atoms with van der Waals surface area (Å²) in [6.45, 7) is 2.90. The fourth-order valence-corrected chi connectivity index (χ4v) is 3.99. The molecule has 0 bridgehead atoms. The second kappa shape index (κ2) is 8.79. The van der Waals surface area contributed by atoms with Crippen LogP contribution in [0.5, 0.6) is 28.7 Å². The monoisotopic (exact) mass is 425 g/mol. The van der Waals surface area contributed by atoms with Crippen LogP contribution in [-0.4, -0.2) is 57.4 Å². The van der Waals surface area contributed by atoms with Gasteiger partial charge in [0.15, 0.2) is 11.5 Å². The Morgan fingerprint density at radius 3 is 2.19 bits per heavy atom. The average molecular weight is 425 g/mol. The van der Waals surface area contributed by atoms with Gasteiger partial charge in [-0.3, -0.25) is 4.79 Å². The predicted octanol–water partition coefficient (Wildman–Crippen LogP) is 3.56. The van der Waals surface area contributed by atoms with E-state index in [1.807, 2.05) is 49.4 Å². The molecule has 0 radical (unpaired) electrons. The van der Waals surface area contributed by atoms with Gasteiger partial charge in [-0.25, -0.2) is 0 Å². The third kappa shape index (κ3) is 4.00. The van der Waals surface area contributed by atoms with Gasteiger partial charge in [0, 0.05) is 25.2 Å². The fourth-order valence-electron chi connectivity index (χ4n) is 3.99. The van der Waals surface area contributed by atoms with E-state index in [0.29, 0.717) is 48.3 Å². The molecule has 0 fully saturated rings. The van der Waals surface area contributed by atoms with Gasteiger partial charge in [0.05, 0.1) is 26.9 Å². The fraction of sp³-hybridized carbons (Fsp3) is 0.375. The molecule has 2 aromatic carbocycles. The van der Waals surface area contributed by atoms with Crippen LogP contribution in [0.1, 0.15) is 18.9 Å². The number of fused-ring (bicyclic) bond motifs is 1. The molecule has 2 heterocycles. The number of para-hydroxylation sites is 2. The van der Waals surface area contributed by atoms with Gasteiger partial charge in [0.25, 0.3) is 5.91 Å². The number of amides is 1. The van der Waals surface area contributed by atoms with Gasteiger partial charge in [-0.15, -0.1) is 0 Å². The van der Waals surface area contributed by atoms with Crippen molar-refractivity contribution in [3.63, 3.8) is 0 Å². The molecular weight excluding hydrogens is 398 g/mol. The SMILES string of the molecule is COc1cc(OC)c(C2=CCN(C(=O)[C@H]3Oc4ccccc4O[C@H]3C)CC2)c(OC)c1. The van der Waals surface area contributed by atoms with Crippen LogP contribution in [0.15, 0.2) is 42.5 Å². The summed E-state index contributed by atoms with van der Waals surface area (Å²) in [4.78, 5) is 15.0. The Morgan fingerprint density at radius 2 is 1.65 bits per heavy atom. The second-order valence-electron chi connectivity index (χ2n) is 7.48. The number of nitrogens with zero attached hydrogens (tertiary/aromatic N) is 1. The molecule has 2 atom stereocenters. The highest BCUT2D eigenvalue weighted by molar-refractivity contribution is 5.84. The predicted molar refractivity (Wildman–Crippen MR) is 116 cm³/mol. The highest BCUT2D eigenvalue weighted by Gasteiger charge is 2.37. The molecule has 2 aromatic rings. The van der Waals surface area contributed by atoms with Gasteiger partial charge < -0.3 is 28.6 Å². The van der Waals surface area contributed by atoms with Crippen LogP contribution in [0.2, 0.25) is 0 Å². The number of benzene rings is 2. The van der Waals surface area contributed by atoms with Gasteiger partial charge in [-0.1, -0.05) is 18.2 Å². The van der Waals surface area contributed by atoms with Crippen LogP contribution >= 0.6 is 0 Å². The molecule has 0 saturated heterocycles. The summed E-state index contributed by atoms with van der Waals surface area (Å²) in [6.07, 6.45) is 1.67. The Hall–Kier alpha value is -3.35. The van der Waals surface area contributed by atoms with E-state index in [-0.39, 0.29) is 12.0 Å². The van der Waals surface area contributed by atoms with Crippen LogP contribution < -0.4 is 23.7 Å². The van der Waals surface area contributed by atoms with Gasteiger partial charge >= 0.3 is 0 Å². The van der Waals surface area contributed by atoms with Crippen molar-refractivity contribution < 1.29 is 28.5 Å². The smallest absolute Gasteiger partial charge is 0.267 e. The minimum Gasteiger partial charge on any atom is -0.496 e. The molecule has 2 aliphatic heterocycles. The molecule has 0 spiro atoms. The molecule has 4 rings (SSSR count). The first-order valence-electron chi connectivity index (χ1n) is 10.3. The Kier molecular flexibility index (Phi) is 5.93. The molecule has 0 unspecified atom stereocenters. The summed E-state index contributed by atoms with van der Waals surface area (Å²) < 4.78 is 28.4. The van der Waals surface area contributed by atoms with Crippen molar-refractivity contribution in [3.05, 3.63) is 48.0 Å². The number of hydrogen-bond acceptors (Lipinski definition) is 6. The molecule has 0 N–H and O–H groups in total. The Labute approximate surface area is 182 Å². The molecule has 0 aliphatic carbocycles. The molecule has 0 aromatic heterocycles.